The summed E-state index contributed by atoms with van der Waals surface area (Å²) in [7, 11) is 0. The number of aliphatic carboxylic acids is 2. The van der Waals surface area contributed by atoms with Crippen LogP contribution in [0.15, 0.2) is 0 Å². The van der Waals surface area contributed by atoms with Gasteiger partial charge in [0.15, 0.2) is 11.2 Å². The van der Waals surface area contributed by atoms with Crippen LogP contribution in [0.3, 0.4) is 0 Å². The summed E-state index contributed by atoms with van der Waals surface area (Å²) < 4.78 is 5.18. The summed E-state index contributed by atoms with van der Waals surface area (Å²) in [5.41, 5.74) is -3.40. The first kappa shape index (κ1) is 12.9. The van der Waals surface area contributed by atoms with Crippen molar-refractivity contribution >= 4 is 11.9 Å². The molecule has 0 aromatic carbocycles. The Labute approximate surface area is 92.8 Å². The molecule has 6 heteroatoms. The first-order chi connectivity index (χ1) is 7.17. The second-order valence-electron chi connectivity index (χ2n) is 4.49. The molecule has 1 saturated heterocycles. The number of aliphatic hydroxyl groups excluding tert-OH is 1. The molecule has 4 unspecified atom stereocenters. The summed E-state index contributed by atoms with van der Waals surface area (Å²) in [4.78, 5) is 22.2. The minimum absolute atomic E-state index is 0.0250. The Morgan fingerprint density at radius 1 is 1.38 bits per heavy atom. The number of carboxylic acids is 2. The average molecular weight is 232 g/mol. The zero-order chi connectivity index (χ0) is 12.7. The van der Waals surface area contributed by atoms with Gasteiger partial charge in [0.05, 0.1) is 6.10 Å². The first-order valence-electron chi connectivity index (χ1n) is 5.02. The molecule has 0 saturated carbocycles. The van der Waals surface area contributed by atoms with Crippen LogP contribution in [0.2, 0.25) is 0 Å². The zero-order valence-electron chi connectivity index (χ0n) is 9.43. The fourth-order valence-corrected chi connectivity index (χ4v) is 1.99. The Morgan fingerprint density at radius 2 is 1.88 bits per heavy atom. The molecule has 0 aliphatic carbocycles. The molecule has 1 aliphatic heterocycles. The molecule has 0 bridgehead atoms. The lowest BCUT2D eigenvalue weighted by Crippen LogP contribution is -2.51. The summed E-state index contributed by atoms with van der Waals surface area (Å²) >= 11 is 0. The molecule has 6 nitrogen and oxygen atoms in total. The first-order valence-corrected chi connectivity index (χ1v) is 5.02. The maximum Gasteiger partial charge on any atom is 0.338 e. The van der Waals surface area contributed by atoms with Crippen molar-refractivity contribution < 1.29 is 29.6 Å². The van der Waals surface area contributed by atoms with Gasteiger partial charge in [0.1, 0.15) is 0 Å². The Morgan fingerprint density at radius 3 is 2.06 bits per heavy atom. The van der Waals surface area contributed by atoms with Crippen molar-refractivity contribution in [2.24, 2.45) is 5.92 Å². The van der Waals surface area contributed by atoms with E-state index in [1.54, 1.807) is 6.92 Å². The third-order valence-corrected chi connectivity index (χ3v) is 3.41. The number of aliphatic hydroxyl groups is 1. The van der Waals surface area contributed by atoms with Crippen LogP contribution < -0.4 is 0 Å². The monoisotopic (exact) mass is 232 g/mol. The van der Waals surface area contributed by atoms with Gasteiger partial charge in [0.2, 0.25) is 0 Å². The van der Waals surface area contributed by atoms with Crippen LogP contribution in [-0.2, 0) is 14.3 Å². The molecule has 0 spiro atoms. The van der Waals surface area contributed by atoms with E-state index in [0.29, 0.717) is 0 Å². The van der Waals surface area contributed by atoms with Crippen molar-refractivity contribution in [3.63, 3.8) is 0 Å². The normalized spacial score (nSPS) is 40.6. The summed E-state index contributed by atoms with van der Waals surface area (Å²) in [6, 6.07) is 0. The second kappa shape index (κ2) is 3.71. The highest BCUT2D eigenvalue weighted by atomic mass is 16.6. The Hall–Kier alpha value is -1.14. The van der Waals surface area contributed by atoms with E-state index in [2.05, 4.69) is 0 Å². The summed E-state index contributed by atoms with van der Waals surface area (Å²) in [6.07, 6.45) is -1.29. The number of ether oxygens (including phenoxy) is 1. The highest BCUT2D eigenvalue weighted by molar-refractivity contribution is 5.83. The van der Waals surface area contributed by atoms with Crippen molar-refractivity contribution in [2.75, 3.05) is 0 Å². The molecule has 4 atom stereocenters. The van der Waals surface area contributed by atoms with Crippen molar-refractivity contribution in [3.8, 4) is 0 Å². The molecular weight excluding hydrogens is 216 g/mol. The van der Waals surface area contributed by atoms with Crippen LogP contribution in [-0.4, -0.2) is 44.6 Å². The molecule has 0 radical (unpaired) electrons. The van der Waals surface area contributed by atoms with Crippen molar-refractivity contribution in [1.82, 2.24) is 0 Å². The quantitative estimate of drug-likeness (QED) is 0.637. The molecule has 0 amide bonds. The van der Waals surface area contributed by atoms with Crippen LogP contribution in [0.1, 0.15) is 27.2 Å². The van der Waals surface area contributed by atoms with Gasteiger partial charge in [-0.1, -0.05) is 6.92 Å². The van der Waals surface area contributed by atoms with E-state index in [1.165, 1.54) is 13.8 Å². The molecule has 3 N–H and O–H groups in total. The second-order valence-corrected chi connectivity index (χ2v) is 4.49. The summed E-state index contributed by atoms with van der Waals surface area (Å²) in [5, 5.41) is 27.6. The van der Waals surface area contributed by atoms with Crippen molar-refractivity contribution in [3.05, 3.63) is 0 Å². The SMILES string of the molecule is CC1CC(C(=O)O)(C(C)O)OC1(C)C(=O)O. The van der Waals surface area contributed by atoms with Gasteiger partial charge >= 0.3 is 11.9 Å². The molecule has 1 fully saturated rings. The number of hydrogen-bond acceptors (Lipinski definition) is 4. The third kappa shape index (κ3) is 1.58. The van der Waals surface area contributed by atoms with E-state index >= 15 is 0 Å². The lowest BCUT2D eigenvalue weighted by Gasteiger charge is -2.30. The van der Waals surface area contributed by atoms with E-state index in [0.717, 1.165) is 0 Å². The van der Waals surface area contributed by atoms with Gasteiger partial charge in [-0.25, -0.2) is 9.59 Å². The van der Waals surface area contributed by atoms with E-state index in [1.807, 2.05) is 0 Å². The molecule has 1 rings (SSSR count). The minimum atomic E-state index is -1.83. The highest BCUT2D eigenvalue weighted by Gasteiger charge is 2.61. The fourth-order valence-electron chi connectivity index (χ4n) is 1.99. The van der Waals surface area contributed by atoms with Gasteiger partial charge in [-0.3, -0.25) is 0 Å². The van der Waals surface area contributed by atoms with Gasteiger partial charge in [0, 0.05) is 0 Å². The van der Waals surface area contributed by atoms with Crippen LogP contribution >= 0.6 is 0 Å². The molecule has 0 aromatic heterocycles. The van der Waals surface area contributed by atoms with E-state index in [-0.39, 0.29) is 6.42 Å². The lowest BCUT2D eigenvalue weighted by molar-refractivity contribution is -0.199. The lowest BCUT2D eigenvalue weighted by atomic mass is 9.85. The summed E-state index contributed by atoms with van der Waals surface area (Å²) in [5.74, 6) is -3.04. The molecular formula is C10H16O6. The van der Waals surface area contributed by atoms with Crippen molar-refractivity contribution in [2.45, 2.75) is 44.5 Å². The number of carboxylic acid groups (broad SMARTS) is 2. The Bertz CT molecular complexity index is 325. The number of carbonyl (C=O) groups is 2. The van der Waals surface area contributed by atoms with Gasteiger partial charge in [0.25, 0.3) is 0 Å². The Kier molecular flexibility index (Phi) is 3.00. The predicted octanol–water partition coefficient (Wildman–Crippen LogP) is 0.0903. The maximum absolute atomic E-state index is 11.1. The molecule has 0 aromatic rings. The molecule has 1 heterocycles. The Balaban J connectivity index is 3.14. The van der Waals surface area contributed by atoms with Gasteiger partial charge in [-0.2, -0.15) is 0 Å². The van der Waals surface area contributed by atoms with Gasteiger partial charge in [-0.05, 0) is 26.2 Å². The topological polar surface area (TPSA) is 104 Å². The maximum atomic E-state index is 11.1. The standard InChI is InChI=1S/C10H16O6/c1-5-4-10(6(2)11,8(14)15)16-9(5,3)7(12)13/h5-6,11H,4H2,1-3H3,(H,12,13)(H,14,15). The third-order valence-electron chi connectivity index (χ3n) is 3.41. The largest absolute Gasteiger partial charge is 0.479 e. The van der Waals surface area contributed by atoms with Crippen LogP contribution in [0.4, 0.5) is 0 Å². The highest BCUT2D eigenvalue weighted by Crippen LogP contribution is 2.44. The van der Waals surface area contributed by atoms with Gasteiger partial charge in [-0.15, -0.1) is 0 Å². The van der Waals surface area contributed by atoms with Crippen LogP contribution in [0, 0.1) is 5.92 Å². The fraction of sp³-hybridized carbons (Fsp3) is 0.800. The molecule has 16 heavy (non-hydrogen) atoms. The smallest absolute Gasteiger partial charge is 0.338 e. The average Bonchev–Trinajstić information content (AvgIpc) is 2.42. The number of rotatable bonds is 3. The minimum Gasteiger partial charge on any atom is -0.479 e. The predicted molar refractivity (Wildman–Crippen MR) is 53.0 cm³/mol. The van der Waals surface area contributed by atoms with E-state index < -0.39 is 35.2 Å². The summed E-state index contributed by atoms with van der Waals surface area (Å²) in [6.45, 7) is 4.21. The van der Waals surface area contributed by atoms with Gasteiger partial charge < -0.3 is 20.1 Å². The molecule has 1 aliphatic rings. The van der Waals surface area contributed by atoms with Crippen LogP contribution in [0.25, 0.3) is 0 Å². The van der Waals surface area contributed by atoms with Crippen LogP contribution in [0.5, 0.6) is 0 Å². The van der Waals surface area contributed by atoms with Crippen molar-refractivity contribution in [1.29, 1.82) is 0 Å². The van der Waals surface area contributed by atoms with E-state index in [4.69, 9.17) is 14.9 Å². The van der Waals surface area contributed by atoms with E-state index in [9.17, 15) is 14.7 Å². The number of hydrogen-bond donors (Lipinski definition) is 3. The zero-order valence-corrected chi connectivity index (χ0v) is 9.43. The molecule has 92 valence electrons.